The quantitative estimate of drug-likeness (QED) is 0.815. The van der Waals surface area contributed by atoms with Crippen molar-refractivity contribution in [3.63, 3.8) is 0 Å². The van der Waals surface area contributed by atoms with E-state index in [1.165, 1.54) is 0 Å². The molecule has 23 heavy (non-hydrogen) atoms. The van der Waals surface area contributed by atoms with Crippen LogP contribution in [-0.4, -0.2) is 44.6 Å². The molecular weight excluding hydrogens is 360 g/mol. The Bertz CT molecular complexity index is 722. The van der Waals surface area contributed by atoms with E-state index in [-0.39, 0.29) is 12.0 Å². The van der Waals surface area contributed by atoms with Gasteiger partial charge in [-0.25, -0.2) is 14.8 Å². The molecule has 0 aromatic carbocycles. The lowest BCUT2D eigenvalue weighted by atomic mass is 9.98. The molecule has 0 aliphatic carbocycles. The van der Waals surface area contributed by atoms with Crippen LogP contribution in [-0.2, 0) is 4.74 Å². The first kappa shape index (κ1) is 16.2. The SMILES string of the molecule is CC(C)(C)OC(=O)N1CCC[C@H](c2nc3ncc(Br)cc3[nH]2)C1. The number of nitrogens with zero attached hydrogens (tertiary/aromatic N) is 3. The third-order valence-corrected chi connectivity index (χ3v) is 4.22. The van der Waals surface area contributed by atoms with E-state index in [1.54, 1.807) is 11.1 Å². The van der Waals surface area contributed by atoms with Gasteiger partial charge in [-0.05, 0) is 55.6 Å². The van der Waals surface area contributed by atoms with Gasteiger partial charge in [0.2, 0.25) is 0 Å². The number of hydrogen-bond donors (Lipinski definition) is 1. The molecule has 1 N–H and O–H groups in total. The van der Waals surface area contributed by atoms with Crippen molar-refractivity contribution in [2.24, 2.45) is 0 Å². The zero-order chi connectivity index (χ0) is 16.6. The summed E-state index contributed by atoms with van der Waals surface area (Å²) in [4.78, 5) is 26.3. The zero-order valence-corrected chi connectivity index (χ0v) is 15.2. The molecule has 3 rings (SSSR count). The second kappa shape index (κ2) is 6.11. The van der Waals surface area contributed by atoms with Crippen molar-refractivity contribution in [3.8, 4) is 0 Å². The summed E-state index contributed by atoms with van der Waals surface area (Å²) in [6.45, 7) is 7.00. The number of hydrogen-bond acceptors (Lipinski definition) is 4. The van der Waals surface area contributed by atoms with Crippen molar-refractivity contribution < 1.29 is 9.53 Å². The number of carbonyl (C=O) groups excluding carboxylic acids is 1. The number of imidazole rings is 1. The van der Waals surface area contributed by atoms with Crippen LogP contribution in [0.15, 0.2) is 16.7 Å². The first-order valence-corrected chi connectivity index (χ1v) is 8.60. The van der Waals surface area contributed by atoms with Crippen molar-refractivity contribution >= 4 is 33.2 Å². The number of aromatic nitrogens is 3. The predicted molar refractivity (Wildman–Crippen MR) is 91.4 cm³/mol. The van der Waals surface area contributed by atoms with Crippen LogP contribution in [0.2, 0.25) is 0 Å². The number of aromatic amines is 1. The third kappa shape index (κ3) is 3.83. The molecule has 6 nitrogen and oxygen atoms in total. The Balaban J connectivity index is 1.75. The van der Waals surface area contributed by atoms with E-state index in [0.29, 0.717) is 12.2 Å². The summed E-state index contributed by atoms with van der Waals surface area (Å²) in [6.07, 6.45) is 3.43. The van der Waals surface area contributed by atoms with Crippen molar-refractivity contribution in [2.75, 3.05) is 13.1 Å². The van der Waals surface area contributed by atoms with Gasteiger partial charge in [-0.3, -0.25) is 0 Å². The number of amides is 1. The highest BCUT2D eigenvalue weighted by Crippen LogP contribution is 2.27. The Labute approximate surface area is 143 Å². The maximum Gasteiger partial charge on any atom is 0.410 e. The van der Waals surface area contributed by atoms with E-state index in [0.717, 1.165) is 35.2 Å². The number of pyridine rings is 1. The van der Waals surface area contributed by atoms with Crippen LogP contribution in [0.1, 0.15) is 45.4 Å². The normalized spacial score (nSPS) is 19.1. The summed E-state index contributed by atoms with van der Waals surface area (Å²) in [5.41, 5.74) is 1.14. The van der Waals surface area contributed by atoms with Gasteiger partial charge in [0.25, 0.3) is 0 Å². The maximum atomic E-state index is 12.3. The van der Waals surface area contributed by atoms with Crippen LogP contribution in [0.4, 0.5) is 4.79 Å². The minimum atomic E-state index is -0.473. The lowest BCUT2D eigenvalue weighted by Gasteiger charge is -2.33. The van der Waals surface area contributed by atoms with Gasteiger partial charge in [0, 0.05) is 29.7 Å². The van der Waals surface area contributed by atoms with Crippen LogP contribution in [0, 0.1) is 0 Å². The van der Waals surface area contributed by atoms with Gasteiger partial charge in [-0.2, -0.15) is 0 Å². The molecule has 0 saturated carbocycles. The Morgan fingerprint density at radius 3 is 3.00 bits per heavy atom. The summed E-state index contributed by atoms with van der Waals surface area (Å²) in [5, 5.41) is 0. The van der Waals surface area contributed by atoms with Gasteiger partial charge in [-0.15, -0.1) is 0 Å². The Kier molecular flexibility index (Phi) is 4.31. The Morgan fingerprint density at radius 1 is 1.48 bits per heavy atom. The average molecular weight is 381 g/mol. The molecule has 0 unspecified atom stereocenters. The number of halogens is 1. The summed E-state index contributed by atoms with van der Waals surface area (Å²) in [5.74, 6) is 1.07. The predicted octanol–water partition coefficient (Wildman–Crippen LogP) is 3.83. The number of piperidine rings is 1. The maximum absolute atomic E-state index is 12.3. The second-order valence-corrected chi connectivity index (χ2v) is 7.83. The number of ether oxygens (including phenoxy) is 1. The van der Waals surface area contributed by atoms with Gasteiger partial charge in [-0.1, -0.05) is 0 Å². The molecule has 2 aromatic heterocycles. The molecule has 1 aliphatic heterocycles. The monoisotopic (exact) mass is 380 g/mol. The summed E-state index contributed by atoms with van der Waals surface area (Å²) < 4.78 is 6.39. The summed E-state index contributed by atoms with van der Waals surface area (Å²) >= 11 is 3.41. The first-order chi connectivity index (χ1) is 10.8. The van der Waals surface area contributed by atoms with Crippen LogP contribution < -0.4 is 0 Å². The first-order valence-electron chi connectivity index (χ1n) is 7.81. The summed E-state index contributed by atoms with van der Waals surface area (Å²) in [7, 11) is 0. The Morgan fingerprint density at radius 2 is 2.26 bits per heavy atom. The van der Waals surface area contributed by atoms with E-state index in [4.69, 9.17) is 4.74 Å². The molecule has 1 saturated heterocycles. The fraction of sp³-hybridized carbons (Fsp3) is 0.562. The smallest absolute Gasteiger partial charge is 0.410 e. The van der Waals surface area contributed by atoms with Gasteiger partial charge < -0.3 is 14.6 Å². The molecule has 3 heterocycles. The summed E-state index contributed by atoms with van der Waals surface area (Å²) in [6, 6.07) is 1.97. The molecule has 1 amide bonds. The van der Waals surface area contributed by atoms with Crippen LogP contribution >= 0.6 is 15.9 Å². The van der Waals surface area contributed by atoms with Crippen LogP contribution in [0.3, 0.4) is 0 Å². The fourth-order valence-electron chi connectivity index (χ4n) is 2.78. The zero-order valence-electron chi connectivity index (χ0n) is 13.6. The van der Waals surface area contributed by atoms with Crippen molar-refractivity contribution in [2.45, 2.75) is 45.1 Å². The van der Waals surface area contributed by atoms with Gasteiger partial charge >= 0.3 is 6.09 Å². The number of rotatable bonds is 1. The minimum Gasteiger partial charge on any atom is -0.444 e. The third-order valence-electron chi connectivity index (χ3n) is 3.78. The Hall–Kier alpha value is -1.63. The highest BCUT2D eigenvalue weighted by molar-refractivity contribution is 9.10. The van der Waals surface area contributed by atoms with Gasteiger partial charge in [0.1, 0.15) is 11.4 Å². The molecule has 0 radical (unpaired) electrons. The standard InChI is InChI=1S/C16H21BrN4O2/c1-16(2,3)23-15(22)21-6-4-5-10(9-21)13-19-12-7-11(17)8-18-14(12)20-13/h7-8,10H,4-6,9H2,1-3H3,(H,18,19,20)/t10-/m0/s1. The molecule has 0 bridgehead atoms. The highest BCUT2D eigenvalue weighted by Gasteiger charge is 2.29. The highest BCUT2D eigenvalue weighted by atomic mass is 79.9. The number of H-pyrrole nitrogens is 1. The number of nitrogens with one attached hydrogen (secondary N) is 1. The molecule has 1 fully saturated rings. The topological polar surface area (TPSA) is 71.1 Å². The van der Waals surface area contributed by atoms with E-state index in [1.807, 2.05) is 26.8 Å². The lowest BCUT2D eigenvalue weighted by Crippen LogP contribution is -2.42. The number of likely N-dealkylation sites (tertiary alicyclic amines) is 1. The van der Waals surface area contributed by atoms with E-state index < -0.39 is 5.60 Å². The van der Waals surface area contributed by atoms with Crippen LogP contribution in [0.25, 0.3) is 11.2 Å². The van der Waals surface area contributed by atoms with E-state index in [2.05, 4.69) is 30.9 Å². The number of fused-ring (bicyclic) bond motifs is 1. The molecule has 124 valence electrons. The second-order valence-electron chi connectivity index (χ2n) is 6.91. The minimum absolute atomic E-state index is 0.184. The largest absolute Gasteiger partial charge is 0.444 e. The number of carbonyl (C=O) groups is 1. The van der Waals surface area contributed by atoms with Crippen molar-refractivity contribution in [1.29, 1.82) is 0 Å². The fourth-order valence-corrected chi connectivity index (χ4v) is 3.11. The van der Waals surface area contributed by atoms with E-state index in [9.17, 15) is 4.79 Å². The lowest BCUT2D eigenvalue weighted by molar-refractivity contribution is 0.0196. The van der Waals surface area contributed by atoms with Gasteiger partial charge in [0.15, 0.2) is 5.65 Å². The van der Waals surface area contributed by atoms with Crippen LogP contribution in [0.5, 0.6) is 0 Å². The molecular formula is C16H21BrN4O2. The average Bonchev–Trinajstić information content (AvgIpc) is 2.88. The molecule has 1 aliphatic rings. The van der Waals surface area contributed by atoms with Gasteiger partial charge in [0.05, 0.1) is 5.52 Å². The van der Waals surface area contributed by atoms with Crippen molar-refractivity contribution in [1.82, 2.24) is 19.9 Å². The molecule has 2 aromatic rings. The molecule has 7 heteroatoms. The molecule has 0 spiro atoms. The molecule has 1 atom stereocenters. The van der Waals surface area contributed by atoms with Crippen molar-refractivity contribution in [3.05, 3.63) is 22.6 Å². The van der Waals surface area contributed by atoms with E-state index >= 15 is 0 Å².